The van der Waals surface area contributed by atoms with Gasteiger partial charge in [-0.25, -0.2) is 9.97 Å². The lowest BCUT2D eigenvalue weighted by atomic mass is 10.2. The summed E-state index contributed by atoms with van der Waals surface area (Å²) in [6, 6.07) is 7.34. The van der Waals surface area contributed by atoms with Gasteiger partial charge in [0.25, 0.3) is 5.91 Å². The number of H-pyrrole nitrogens is 1. The van der Waals surface area contributed by atoms with Crippen molar-refractivity contribution in [2.75, 3.05) is 0 Å². The normalized spacial score (nSPS) is 11.1. The zero-order valence-corrected chi connectivity index (χ0v) is 15.9. The second-order valence-electron chi connectivity index (χ2n) is 6.55. The Hall–Kier alpha value is -4.41. The fourth-order valence-corrected chi connectivity index (χ4v) is 3.06. The van der Waals surface area contributed by atoms with Crippen LogP contribution in [0.1, 0.15) is 16.2 Å². The van der Waals surface area contributed by atoms with E-state index < -0.39 is 0 Å². The maximum absolute atomic E-state index is 12.7. The number of aromatic nitrogens is 9. The SMILES string of the molecule is Cn1cccc1-c1nnc2ccc(C(=O)NCc3nc(-c4cnccn4)n[nH]3)cn12. The van der Waals surface area contributed by atoms with Gasteiger partial charge in [0.05, 0.1) is 24.0 Å². The largest absolute Gasteiger partial charge is 0.348 e. The zero-order chi connectivity index (χ0) is 20.5. The Morgan fingerprint density at radius 3 is 2.93 bits per heavy atom. The van der Waals surface area contributed by atoms with Gasteiger partial charge in [-0.15, -0.1) is 10.2 Å². The number of amides is 1. The van der Waals surface area contributed by atoms with Crippen molar-refractivity contribution in [2.45, 2.75) is 6.54 Å². The van der Waals surface area contributed by atoms with Crippen LogP contribution in [0.25, 0.3) is 28.7 Å². The van der Waals surface area contributed by atoms with E-state index in [9.17, 15) is 4.79 Å². The van der Waals surface area contributed by atoms with Crippen LogP contribution in [0.3, 0.4) is 0 Å². The highest BCUT2D eigenvalue weighted by Gasteiger charge is 2.14. The molecule has 0 aliphatic heterocycles. The van der Waals surface area contributed by atoms with Crippen LogP contribution in [-0.4, -0.2) is 50.2 Å². The molecule has 5 rings (SSSR count). The molecule has 0 aromatic carbocycles. The van der Waals surface area contributed by atoms with Crippen LogP contribution in [0.15, 0.2) is 55.2 Å². The number of carbonyl (C=O) groups excluding carboxylic acids is 1. The van der Waals surface area contributed by atoms with E-state index in [1.54, 1.807) is 41.3 Å². The van der Waals surface area contributed by atoms with E-state index in [2.05, 4.69) is 40.7 Å². The van der Waals surface area contributed by atoms with Gasteiger partial charge in [0.1, 0.15) is 11.5 Å². The van der Waals surface area contributed by atoms with E-state index in [0.717, 1.165) is 5.69 Å². The van der Waals surface area contributed by atoms with Crippen molar-refractivity contribution in [3.8, 4) is 23.0 Å². The van der Waals surface area contributed by atoms with E-state index in [0.29, 0.717) is 34.4 Å². The summed E-state index contributed by atoms with van der Waals surface area (Å²) in [5, 5.41) is 18.2. The molecule has 0 fully saturated rings. The van der Waals surface area contributed by atoms with Crippen molar-refractivity contribution < 1.29 is 4.79 Å². The Bertz CT molecular complexity index is 1330. The maximum Gasteiger partial charge on any atom is 0.253 e. The second kappa shape index (κ2) is 7.20. The molecule has 0 aliphatic carbocycles. The van der Waals surface area contributed by atoms with E-state index in [-0.39, 0.29) is 12.5 Å². The standard InChI is InChI=1S/C19H16N10O/c1-28-8-2-3-14(28)18-27-25-16-5-4-12(11-29(16)18)19(30)22-10-15-23-17(26-24-15)13-9-20-6-7-21-13/h2-9,11H,10H2,1H3,(H,22,30)(H,23,24,26). The Kier molecular flexibility index (Phi) is 4.24. The van der Waals surface area contributed by atoms with Crippen LogP contribution in [0.2, 0.25) is 0 Å². The van der Waals surface area contributed by atoms with Crippen molar-refractivity contribution in [3.05, 3.63) is 66.6 Å². The number of hydrogen-bond acceptors (Lipinski definition) is 7. The van der Waals surface area contributed by atoms with Crippen molar-refractivity contribution in [2.24, 2.45) is 7.05 Å². The molecule has 0 radical (unpaired) electrons. The van der Waals surface area contributed by atoms with Crippen LogP contribution < -0.4 is 5.32 Å². The van der Waals surface area contributed by atoms with Crippen LogP contribution in [-0.2, 0) is 13.6 Å². The third-order valence-electron chi connectivity index (χ3n) is 4.58. The first kappa shape index (κ1) is 17.7. The number of nitrogens with one attached hydrogen (secondary N) is 2. The summed E-state index contributed by atoms with van der Waals surface area (Å²) in [5.74, 6) is 1.35. The highest BCUT2D eigenvalue weighted by atomic mass is 16.1. The van der Waals surface area contributed by atoms with E-state index in [4.69, 9.17) is 0 Å². The second-order valence-corrected chi connectivity index (χ2v) is 6.55. The molecular formula is C19H16N10O. The van der Waals surface area contributed by atoms with Crippen molar-refractivity contribution in [1.29, 1.82) is 0 Å². The van der Waals surface area contributed by atoms with Crippen LogP contribution in [0.5, 0.6) is 0 Å². The molecule has 5 heterocycles. The van der Waals surface area contributed by atoms with Gasteiger partial charge in [0.15, 0.2) is 11.5 Å². The molecule has 5 aromatic heterocycles. The topological polar surface area (TPSA) is 132 Å². The van der Waals surface area contributed by atoms with Crippen molar-refractivity contribution in [3.63, 3.8) is 0 Å². The van der Waals surface area contributed by atoms with E-state index in [1.165, 1.54) is 0 Å². The van der Waals surface area contributed by atoms with E-state index in [1.807, 2.05) is 29.9 Å². The molecule has 0 saturated heterocycles. The molecular weight excluding hydrogens is 384 g/mol. The molecule has 11 nitrogen and oxygen atoms in total. The van der Waals surface area contributed by atoms with Crippen LogP contribution in [0, 0.1) is 0 Å². The number of carbonyl (C=O) groups is 1. The quantitative estimate of drug-likeness (QED) is 0.454. The molecule has 0 unspecified atom stereocenters. The number of aromatic amines is 1. The Morgan fingerprint density at radius 2 is 2.13 bits per heavy atom. The average molecular weight is 400 g/mol. The maximum atomic E-state index is 12.7. The molecule has 0 saturated carbocycles. The predicted molar refractivity (Wildman–Crippen MR) is 106 cm³/mol. The Balaban J connectivity index is 1.34. The molecule has 0 aliphatic rings. The fourth-order valence-electron chi connectivity index (χ4n) is 3.06. The first-order chi connectivity index (χ1) is 14.7. The summed E-state index contributed by atoms with van der Waals surface area (Å²) < 4.78 is 3.74. The lowest BCUT2D eigenvalue weighted by Crippen LogP contribution is -2.23. The third-order valence-corrected chi connectivity index (χ3v) is 4.58. The minimum atomic E-state index is -0.249. The lowest BCUT2D eigenvalue weighted by Gasteiger charge is -2.06. The third kappa shape index (κ3) is 3.17. The predicted octanol–water partition coefficient (Wildman–Crippen LogP) is 1.24. The summed E-state index contributed by atoms with van der Waals surface area (Å²) in [4.78, 5) is 25.2. The van der Waals surface area contributed by atoms with Gasteiger partial charge in [0, 0.05) is 31.8 Å². The first-order valence-electron chi connectivity index (χ1n) is 9.11. The van der Waals surface area contributed by atoms with Gasteiger partial charge in [0.2, 0.25) is 5.82 Å². The van der Waals surface area contributed by atoms with Gasteiger partial charge >= 0.3 is 0 Å². The summed E-state index contributed by atoms with van der Waals surface area (Å²) in [6.07, 6.45) is 8.37. The number of rotatable bonds is 5. The molecule has 11 heteroatoms. The average Bonchev–Trinajstić information content (AvgIpc) is 3.51. The van der Waals surface area contributed by atoms with Crippen molar-refractivity contribution >= 4 is 11.6 Å². The van der Waals surface area contributed by atoms with Crippen molar-refractivity contribution in [1.82, 2.24) is 49.6 Å². The smallest absolute Gasteiger partial charge is 0.253 e. The lowest BCUT2D eigenvalue weighted by molar-refractivity contribution is 0.0949. The fraction of sp³-hybridized carbons (Fsp3) is 0.105. The van der Waals surface area contributed by atoms with Crippen LogP contribution in [0.4, 0.5) is 0 Å². The van der Waals surface area contributed by atoms with Gasteiger partial charge < -0.3 is 9.88 Å². The number of aryl methyl sites for hydroxylation is 1. The number of hydrogen-bond donors (Lipinski definition) is 2. The molecule has 1 amide bonds. The molecule has 5 aromatic rings. The summed E-state index contributed by atoms with van der Waals surface area (Å²) in [6.45, 7) is 0.191. The van der Waals surface area contributed by atoms with Gasteiger partial charge in [-0.1, -0.05) is 0 Å². The molecule has 0 atom stereocenters. The number of nitrogens with zero attached hydrogens (tertiary/aromatic N) is 8. The minimum Gasteiger partial charge on any atom is -0.348 e. The summed E-state index contributed by atoms with van der Waals surface area (Å²) >= 11 is 0. The molecule has 2 N–H and O–H groups in total. The highest BCUT2D eigenvalue weighted by molar-refractivity contribution is 5.94. The van der Waals surface area contributed by atoms with E-state index >= 15 is 0 Å². The number of pyridine rings is 1. The Labute approximate surface area is 169 Å². The minimum absolute atomic E-state index is 0.191. The van der Waals surface area contributed by atoms with Gasteiger partial charge in [-0.05, 0) is 24.3 Å². The summed E-state index contributed by atoms with van der Waals surface area (Å²) in [5.41, 5.74) is 2.59. The molecule has 30 heavy (non-hydrogen) atoms. The first-order valence-corrected chi connectivity index (χ1v) is 9.11. The van der Waals surface area contributed by atoms with Gasteiger partial charge in [-0.3, -0.25) is 19.3 Å². The molecule has 148 valence electrons. The highest BCUT2D eigenvalue weighted by Crippen LogP contribution is 2.19. The number of fused-ring (bicyclic) bond motifs is 1. The zero-order valence-electron chi connectivity index (χ0n) is 15.9. The van der Waals surface area contributed by atoms with Crippen LogP contribution >= 0.6 is 0 Å². The monoisotopic (exact) mass is 400 g/mol. The van der Waals surface area contributed by atoms with Gasteiger partial charge in [-0.2, -0.15) is 5.10 Å². The molecule has 0 spiro atoms. The Morgan fingerprint density at radius 1 is 1.20 bits per heavy atom. The summed E-state index contributed by atoms with van der Waals surface area (Å²) in [7, 11) is 1.93. The molecule has 0 bridgehead atoms.